The van der Waals surface area contributed by atoms with Crippen molar-refractivity contribution in [3.63, 3.8) is 0 Å². The van der Waals surface area contributed by atoms with Crippen LogP contribution in [-0.4, -0.2) is 59.0 Å². The van der Waals surface area contributed by atoms with Gasteiger partial charge in [-0.1, -0.05) is 244 Å². The molecule has 0 bridgehead atoms. The van der Waals surface area contributed by atoms with Gasteiger partial charge in [0.1, 0.15) is 0 Å². The number of phosphoric ester groups is 1. The lowest BCUT2D eigenvalue weighted by Gasteiger charge is -2.25. The van der Waals surface area contributed by atoms with Crippen molar-refractivity contribution in [3.05, 3.63) is 12.2 Å². The minimum absolute atomic E-state index is 0.0604. The number of allylic oxidation sites excluding steroid dienone is 2. The number of aliphatic hydroxyl groups excluding tert-OH is 2. The van der Waals surface area contributed by atoms with Crippen molar-refractivity contribution in [2.24, 2.45) is 5.73 Å². The second kappa shape index (κ2) is 48.1. The van der Waals surface area contributed by atoms with E-state index >= 15 is 0 Å². The number of rotatable bonds is 51. The zero-order valence-electron chi connectivity index (χ0n) is 41.0. The molecule has 0 saturated heterocycles. The Morgan fingerprint density at radius 3 is 1.24 bits per heavy atom. The van der Waals surface area contributed by atoms with E-state index in [1.807, 2.05) is 0 Å². The summed E-state index contributed by atoms with van der Waals surface area (Å²) in [6.07, 6.45) is 52.6. The maximum atomic E-state index is 12.9. The van der Waals surface area contributed by atoms with Crippen LogP contribution in [-0.2, 0) is 18.4 Å². The van der Waals surface area contributed by atoms with Gasteiger partial charge in [0.05, 0.1) is 37.9 Å². The Kier molecular flexibility index (Phi) is 47.5. The minimum Gasteiger partial charge on any atom is -0.393 e. The third-order valence-corrected chi connectivity index (χ3v) is 13.4. The molecular formula is C52H105N2O7P. The molecule has 370 valence electrons. The highest BCUT2D eigenvalue weighted by Gasteiger charge is 2.28. The quantitative estimate of drug-likeness (QED) is 0.0230. The van der Waals surface area contributed by atoms with Crippen LogP contribution in [0.3, 0.4) is 0 Å². The molecule has 0 aromatic heterocycles. The lowest BCUT2D eigenvalue weighted by molar-refractivity contribution is -0.125. The van der Waals surface area contributed by atoms with Crippen LogP contribution in [0.25, 0.3) is 0 Å². The van der Waals surface area contributed by atoms with Gasteiger partial charge in [-0.25, -0.2) is 4.57 Å². The number of carbonyl (C=O) groups excluding carboxylic acids is 1. The number of unbranched alkanes of at least 4 members (excludes halogenated alkanes) is 35. The first-order valence-electron chi connectivity index (χ1n) is 26.9. The first-order chi connectivity index (χ1) is 30.3. The summed E-state index contributed by atoms with van der Waals surface area (Å²) < 4.78 is 22.3. The predicted octanol–water partition coefficient (Wildman–Crippen LogP) is 14.9. The summed E-state index contributed by atoms with van der Waals surface area (Å²) in [6, 6.07) is -0.897. The molecule has 4 unspecified atom stereocenters. The highest BCUT2D eigenvalue weighted by atomic mass is 31.2. The minimum atomic E-state index is -4.38. The van der Waals surface area contributed by atoms with Gasteiger partial charge in [-0.3, -0.25) is 13.8 Å². The van der Waals surface area contributed by atoms with Crippen molar-refractivity contribution in [2.75, 3.05) is 19.8 Å². The Labute approximate surface area is 384 Å². The van der Waals surface area contributed by atoms with Gasteiger partial charge in [0.15, 0.2) is 0 Å². The van der Waals surface area contributed by atoms with Crippen molar-refractivity contribution < 1.29 is 33.5 Å². The molecule has 0 heterocycles. The maximum Gasteiger partial charge on any atom is 0.472 e. The molecule has 0 aliphatic carbocycles. The number of aliphatic hydroxyl groups is 2. The van der Waals surface area contributed by atoms with E-state index in [0.29, 0.717) is 12.8 Å². The van der Waals surface area contributed by atoms with E-state index in [9.17, 15) is 24.5 Å². The average Bonchev–Trinajstić information content (AvgIpc) is 3.25. The normalized spacial score (nSPS) is 14.4. The van der Waals surface area contributed by atoms with Gasteiger partial charge < -0.3 is 26.2 Å². The highest BCUT2D eigenvalue weighted by Crippen LogP contribution is 2.43. The SMILES string of the molecule is CCCCCCCCCCCCC/C=C\CCCCCCCC(O)CC(=O)NC(COP(=O)(O)OCCN)C(O)CCCCCCCCCCCCCCCCCCCCCC. The van der Waals surface area contributed by atoms with E-state index in [1.165, 1.54) is 199 Å². The van der Waals surface area contributed by atoms with Crippen LogP contribution in [0.1, 0.15) is 277 Å². The van der Waals surface area contributed by atoms with Gasteiger partial charge in [0, 0.05) is 6.54 Å². The van der Waals surface area contributed by atoms with Crippen LogP contribution in [0, 0.1) is 0 Å². The smallest absolute Gasteiger partial charge is 0.393 e. The number of nitrogens with two attached hydrogens (primary N) is 1. The summed E-state index contributed by atoms with van der Waals surface area (Å²) in [5.41, 5.74) is 5.39. The van der Waals surface area contributed by atoms with Crippen LogP contribution < -0.4 is 11.1 Å². The molecule has 0 aromatic carbocycles. The molecule has 0 saturated carbocycles. The Morgan fingerprint density at radius 1 is 0.532 bits per heavy atom. The molecule has 10 heteroatoms. The highest BCUT2D eigenvalue weighted by molar-refractivity contribution is 7.47. The van der Waals surface area contributed by atoms with Crippen molar-refractivity contribution in [1.29, 1.82) is 0 Å². The maximum absolute atomic E-state index is 12.9. The molecule has 62 heavy (non-hydrogen) atoms. The fraction of sp³-hybridized carbons (Fsp3) is 0.942. The van der Waals surface area contributed by atoms with Crippen LogP contribution in [0.2, 0.25) is 0 Å². The summed E-state index contributed by atoms with van der Waals surface area (Å²) in [7, 11) is -4.38. The molecule has 0 fully saturated rings. The summed E-state index contributed by atoms with van der Waals surface area (Å²) >= 11 is 0. The van der Waals surface area contributed by atoms with Gasteiger partial charge in [-0.2, -0.15) is 0 Å². The van der Waals surface area contributed by atoms with E-state index in [-0.39, 0.29) is 26.2 Å². The van der Waals surface area contributed by atoms with Crippen molar-refractivity contribution in [3.8, 4) is 0 Å². The fourth-order valence-electron chi connectivity index (χ4n) is 8.35. The summed E-state index contributed by atoms with van der Waals surface area (Å²) in [5.74, 6) is -0.413. The Hall–Kier alpha value is -0.800. The Balaban J connectivity index is 4.11. The van der Waals surface area contributed by atoms with E-state index < -0.39 is 32.0 Å². The largest absolute Gasteiger partial charge is 0.472 e. The van der Waals surface area contributed by atoms with Gasteiger partial charge in [0.2, 0.25) is 5.91 Å². The molecule has 0 spiro atoms. The van der Waals surface area contributed by atoms with Gasteiger partial charge >= 0.3 is 7.82 Å². The fourth-order valence-corrected chi connectivity index (χ4v) is 9.11. The molecule has 0 aliphatic heterocycles. The van der Waals surface area contributed by atoms with Gasteiger partial charge in [0.25, 0.3) is 0 Å². The predicted molar refractivity (Wildman–Crippen MR) is 265 cm³/mol. The van der Waals surface area contributed by atoms with Crippen molar-refractivity contribution in [1.82, 2.24) is 5.32 Å². The van der Waals surface area contributed by atoms with Gasteiger partial charge in [-0.15, -0.1) is 0 Å². The van der Waals surface area contributed by atoms with Crippen LogP contribution in [0.4, 0.5) is 0 Å². The lowest BCUT2D eigenvalue weighted by atomic mass is 10.0. The summed E-state index contributed by atoms with van der Waals surface area (Å²) in [5, 5.41) is 24.3. The molecule has 0 aromatic rings. The van der Waals surface area contributed by atoms with E-state index in [0.717, 1.165) is 44.9 Å². The summed E-state index contributed by atoms with van der Waals surface area (Å²) in [6.45, 7) is 4.09. The molecule has 0 radical (unpaired) electrons. The second-order valence-corrected chi connectivity index (χ2v) is 20.1. The van der Waals surface area contributed by atoms with E-state index in [1.54, 1.807) is 0 Å². The van der Waals surface area contributed by atoms with Crippen LogP contribution in [0.5, 0.6) is 0 Å². The van der Waals surface area contributed by atoms with E-state index in [2.05, 4.69) is 31.3 Å². The summed E-state index contributed by atoms with van der Waals surface area (Å²) in [4.78, 5) is 22.9. The third kappa shape index (κ3) is 45.8. The molecule has 6 N–H and O–H groups in total. The first-order valence-corrected chi connectivity index (χ1v) is 28.4. The van der Waals surface area contributed by atoms with Crippen LogP contribution >= 0.6 is 7.82 Å². The van der Waals surface area contributed by atoms with Crippen molar-refractivity contribution >= 4 is 13.7 Å². The topological polar surface area (TPSA) is 151 Å². The number of hydrogen-bond donors (Lipinski definition) is 5. The molecule has 1 amide bonds. The molecule has 0 aliphatic rings. The standard InChI is InChI=1S/C52H105N2O7P/c1-3-5-7-9-11-13-15-17-19-21-23-25-27-29-31-33-35-37-39-41-43-49(55)47-52(57)54-50(48-61-62(58,59)60-46-45-53)51(56)44-42-40-38-36-34-32-30-28-26-24-22-20-18-16-14-12-10-8-6-4-2/h27,29,49-51,55-56H,3-26,28,30-48,53H2,1-2H3,(H,54,57)(H,58,59)/b29-27-. The van der Waals surface area contributed by atoms with E-state index in [4.69, 9.17) is 14.8 Å². The zero-order chi connectivity index (χ0) is 45.5. The number of amides is 1. The Bertz CT molecular complexity index is 1000. The molecule has 4 atom stereocenters. The van der Waals surface area contributed by atoms with Crippen LogP contribution in [0.15, 0.2) is 12.2 Å². The van der Waals surface area contributed by atoms with Gasteiger partial charge in [-0.05, 0) is 38.5 Å². The molecule has 0 rings (SSSR count). The molecule has 9 nitrogen and oxygen atoms in total. The number of nitrogens with one attached hydrogen (secondary N) is 1. The zero-order valence-corrected chi connectivity index (χ0v) is 41.9. The molecular weight excluding hydrogens is 796 g/mol. The first kappa shape index (κ1) is 61.2. The second-order valence-electron chi connectivity index (χ2n) is 18.6. The Morgan fingerprint density at radius 2 is 0.871 bits per heavy atom. The number of hydrogen-bond acceptors (Lipinski definition) is 7. The third-order valence-electron chi connectivity index (χ3n) is 12.4. The average molecular weight is 901 g/mol. The lowest BCUT2D eigenvalue weighted by Crippen LogP contribution is -2.47. The van der Waals surface area contributed by atoms with Crippen molar-refractivity contribution in [2.45, 2.75) is 295 Å². The number of carbonyl (C=O) groups is 1. The monoisotopic (exact) mass is 901 g/mol. The number of phosphoric acid groups is 1.